The van der Waals surface area contributed by atoms with Crippen molar-refractivity contribution in [3.63, 3.8) is 0 Å². The fourth-order valence-electron chi connectivity index (χ4n) is 4.90. The highest BCUT2D eigenvalue weighted by atomic mass is 79.9. The maximum Gasteiger partial charge on any atom is 0.301 e. The molecule has 226 valence electrons. The third kappa shape index (κ3) is 6.56. The minimum atomic E-state index is -0.951. The second-order valence-electron chi connectivity index (χ2n) is 10.2. The number of carbonyl (C=O) groups excluding carboxylic acids is 2. The summed E-state index contributed by atoms with van der Waals surface area (Å²) in [5.41, 5.74) is 3.60. The molecular weight excluding hydrogens is 677 g/mol. The molecule has 1 aromatic heterocycles. The van der Waals surface area contributed by atoms with Crippen LogP contribution in [-0.4, -0.2) is 27.0 Å². The second kappa shape index (κ2) is 13.4. The van der Waals surface area contributed by atoms with Crippen LogP contribution in [0.15, 0.2) is 111 Å². The number of halogens is 2. The molecule has 1 atom stereocenters. The van der Waals surface area contributed by atoms with Crippen LogP contribution < -0.4 is 9.64 Å². The number of aryl methyl sites for hydroxylation is 1. The van der Waals surface area contributed by atoms with Gasteiger partial charge in [0.15, 0.2) is 4.34 Å². The van der Waals surface area contributed by atoms with E-state index in [9.17, 15) is 19.1 Å². The Balaban J connectivity index is 1.30. The summed E-state index contributed by atoms with van der Waals surface area (Å²) < 4.78 is 21.4. The Morgan fingerprint density at radius 2 is 1.64 bits per heavy atom. The molecule has 45 heavy (non-hydrogen) atoms. The number of ketones is 1. The monoisotopic (exact) mass is 701 g/mol. The van der Waals surface area contributed by atoms with Crippen LogP contribution in [0.4, 0.5) is 9.52 Å². The minimum absolute atomic E-state index is 0.0633. The predicted molar refractivity (Wildman–Crippen MR) is 177 cm³/mol. The first-order valence-corrected chi connectivity index (χ1v) is 16.4. The van der Waals surface area contributed by atoms with Gasteiger partial charge >= 0.3 is 5.91 Å². The van der Waals surface area contributed by atoms with Crippen LogP contribution >= 0.6 is 39.0 Å². The van der Waals surface area contributed by atoms with E-state index in [-0.39, 0.29) is 22.3 Å². The van der Waals surface area contributed by atoms with Crippen molar-refractivity contribution in [2.45, 2.75) is 29.7 Å². The van der Waals surface area contributed by atoms with Crippen molar-refractivity contribution >= 4 is 61.6 Å². The Labute approximate surface area is 275 Å². The molecule has 1 N–H and O–H groups in total. The van der Waals surface area contributed by atoms with Crippen molar-refractivity contribution in [3.8, 4) is 5.75 Å². The summed E-state index contributed by atoms with van der Waals surface area (Å²) in [5, 5.41) is 20.1. The zero-order chi connectivity index (χ0) is 31.5. The average molecular weight is 703 g/mol. The van der Waals surface area contributed by atoms with E-state index in [1.807, 2.05) is 31.2 Å². The number of benzene rings is 4. The molecular formula is C34H25BrFN3O4S2. The van der Waals surface area contributed by atoms with Gasteiger partial charge in [-0.3, -0.25) is 14.5 Å². The standard InChI is InChI=1S/C34H25BrFN3O4S2/c1-20-6-2-3-7-23(20)18-43-26-16-12-22(13-17-26)30(40)28-29(21-10-14-25(35)15-11-21)39(32(42)31(28)41)33-37-38-34(45-33)44-19-24-8-4-5-9-27(24)36/h2-17,29,40H,18-19H2,1H3. The first kappa shape index (κ1) is 30.7. The van der Waals surface area contributed by atoms with Crippen LogP contribution in [0.1, 0.15) is 33.9 Å². The van der Waals surface area contributed by atoms with Crippen molar-refractivity contribution in [3.05, 3.63) is 141 Å². The largest absolute Gasteiger partial charge is 0.507 e. The number of rotatable bonds is 9. The number of thioether (sulfide) groups is 1. The highest BCUT2D eigenvalue weighted by Gasteiger charge is 2.48. The Bertz CT molecular complexity index is 1910. The molecule has 6 rings (SSSR count). The zero-order valence-corrected chi connectivity index (χ0v) is 27.0. The van der Waals surface area contributed by atoms with Gasteiger partial charge in [0.25, 0.3) is 5.78 Å². The van der Waals surface area contributed by atoms with E-state index >= 15 is 0 Å². The first-order valence-electron chi connectivity index (χ1n) is 13.8. The van der Waals surface area contributed by atoms with Crippen LogP contribution in [0.3, 0.4) is 0 Å². The molecule has 0 saturated carbocycles. The summed E-state index contributed by atoms with van der Waals surface area (Å²) in [5.74, 6) is -1.38. The van der Waals surface area contributed by atoms with E-state index in [4.69, 9.17) is 4.74 Å². The van der Waals surface area contributed by atoms with Gasteiger partial charge in [0.2, 0.25) is 5.13 Å². The van der Waals surface area contributed by atoms with E-state index in [0.717, 1.165) is 26.9 Å². The van der Waals surface area contributed by atoms with Gasteiger partial charge in [0.05, 0.1) is 11.6 Å². The normalized spacial score (nSPS) is 15.9. The third-order valence-corrected chi connectivity index (χ3v) is 9.96. The molecule has 1 saturated heterocycles. The summed E-state index contributed by atoms with van der Waals surface area (Å²) in [4.78, 5) is 28.3. The second-order valence-corrected chi connectivity index (χ2v) is 13.3. The van der Waals surface area contributed by atoms with Crippen molar-refractivity contribution < 1.29 is 23.8 Å². The van der Waals surface area contributed by atoms with Gasteiger partial charge in [-0.2, -0.15) is 0 Å². The average Bonchev–Trinajstić information content (AvgIpc) is 3.62. The summed E-state index contributed by atoms with van der Waals surface area (Å²) in [6, 6.07) is 27.3. The van der Waals surface area contributed by atoms with Gasteiger partial charge < -0.3 is 9.84 Å². The van der Waals surface area contributed by atoms with E-state index in [1.54, 1.807) is 66.7 Å². The van der Waals surface area contributed by atoms with Gasteiger partial charge in [0, 0.05) is 15.8 Å². The number of nitrogens with zero attached hydrogens (tertiary/aromatic N) is 3. The summed E-state index contributed by atoms with van der Waals surface area (Å²) in [6.07, 6.45) is 0. The van der Waals surface area contributed by atoms with Crippen LogP contribution in [0.2, 0.25) is 0 Å². The number of aromatic nitrogens is 2. The van der Waals surface area contributed by atoms with Gasteiger partial charge in [-0.05, 0) is 71.6 Å². The Morgan fingerprint density at radius 1 is 0.956 bits per heavy atom. The Kier molecular flexibility index (Phi) is 9.11. The molecule has 1 amide bonds. The van der Waals surface area contributed by atoms with Crippen molar-refractivity contribution in [1.82, 2.24) is 10.2 Å². The van der Waals surface area contributed by atoms with Gasteiger partial charge in [-0.15, -0.1) is 10.2 Å². The maximum absolute atomic E-state index is 14.1. The number of hydrogen-bond acceptors (Lipinski definition) is 8. The first-order chi connectivity index (χ1) is 21.8. The topological polar surface area (TPSA) is 92.6 Å². The van der Waals surface area contributed by atoms with Crippen molar-refractivity contribution in [1.29, 1.82) is 0 Å². The van der Waals surface area contributed by atoms with Crippen LogP contribution in [0.5, 0.6) is 5.75 Å². The molecule has 2 heterocycles. The fraction of sp³-hybridized carbons (Fsp3) is 0.118. The van der Waals surface area contributed by atoms with Gasteiger partial charge in [0.1, 0.15) is 23.9 Å². The summed E-state index contributed by atoms with van der Waals surface area (Å²) in [7, 11) is 0. The molecule has 1 aliphatic heterocycles. The third-order valence-electron chi connectivity index (χ3n) is 7.32. The van der Waals surface area contributed by atoms with E-state index in [2.05, 4.69) is 26.1 Å². The highest BCUT2D eigenvalue weighted by molar-refractivity contribution is 9.10. The molecule has 7 nitrogen and oxygen atoms in total. The number of anilines is 1. The van der Waals surface area contributed by atoms with Gasteiger partial charge in [-0.1, -0.05) is 93.6 Å². The number of Topliss-reactive ketones (excluding diaryl/α,β-unsaturated/α-hetero) is 1. The SMILES string of the molecule is Cc1ccccc1COc1ccc(C(O)=C2C(=O)C(=O)N(c3nnc(SCc4ccccc4F)s3)C2c2ccc(Br)cc2)cc1. The lowest BCUT2D eigenvalue weighted by atomic mass is 9.95. The lowest BCUT2D eigenvalue weighted by molar-refractivity contribution is -0.132. The lowest BCUT2D eigenvalue weighted by Crippen LogP contribution is -2.29. The molecule has 0 spiro atoms. The minimum Gasteiger partial charge on any atom is -0.507 e. The lowest BCUT2D eigenvalue weighted by Gasteiger charge is -2.22. The smallest absolute Gasteiger partial charge is 0.301 e. The number of ether oxygens (including phenoxy) is 1. The Morgan fingerprint density at radius 3 is 2.36 bits per heavy atom. The highest BCUT2D eigenvalue weighted by Crippen LogP contribution is 2.44. The molecule has 0 bridgehead atoms. The van der Waals surface area contributed by atoms with E-state index < -0.39 is 17.7 Å². The molecule has 1 fully saturated rings. The van der Waals surface area contributed by atoms with Crippen LogP contribution in [0, 0.1) is 12.7 Å². The van der Waals surface area contributed by atoms with Crippen molar-refractivity contribution in [2.75, 3.05) is 4.90 Å². The molecule has 1 unspecified atom stereocenters. The van der Waals surface area contributed by atoms with Gasteiger partial charge in [-0.25, -0.2) is 4.39 Å². The number of carbonyl (C=O) groups is 2. The number of amides is 1. The number of aliphatic hydroxyl groups is 1. The fourth-order valence-corrected chi connectivity index (χ4v) is 7.02. The molecule has 0 radical (unpaired) electrons. The van der Waals surface area contributed by atoms with E-state index in [0.29, 0.717) is 39.1 Å². The maximum atomic E-state index is 14.1. The Hall–Kier alpha value is -4.32. The number of hydrogen-bond donors (Lipinski definition) is 1. The molecule has 11 heteroatoms. The van der Waals surface area contributed by atoms with Crippen LogP contribution in [-0.2, 0) is 21.9 Å². The van der Waals surface area contributed by atoms with Crippen LogP contribution in [0.25, 0.3) is 5.76 Å². The predicted octanol–water partition coefficient (Wildman–Crippen LogP) is 8.25. The zero-order valence-electron chi connectivity index (χ0n) is 23.8. The summed E-state index contributed by atoms with van der Waals surface area (Å²) in [6.45, 7) is 2.40. The molecule has 4 aromatic carbocycles. The van der Waals surface area contributed by atoms with E-state index in [1.165, 1.54) is 22.7 Å². The number of aliphatic hydroxyl groups excluding tert-OH is 1. The quantitative estimate of drug-likeness (QED) is 0.0544. The molecule has 0 aliphatic carbocycles. The molecule has 5 aromatic rings. The van der Waals surface area contributed by atoms with Crippen molar-refractivity contribution in [2.24, 2.45) is 0 Å². The summed E-state index contributed by atoms with van der Waals surface area (Å²) >= 11 is 5.83. The molecule has 1 aliphatic rings.